The van der Waals surface area contributed by atoms with Crippen LogP contribution >= 0.6 is 0 Å². The number of aryl methyl sites for hydroxylation is 1. The van der Waals surface area contributed by atoms with Crippen LogP contribution in [-0.4, -0.2) is 39.1 Å². The Kier molecular flexibility index (Phi) is 14.6. The van der Waals surface area contributed by atoms with Gasteiger partial charge in [-0.05, 0) is 58.5 Å². The van der Waals surface area contributed by atoms with Gasteiger partial charge >= 0.3 is 6.18 Å². The number of aldehydes is 1. The molecule has 36 heavy (non-hydrogen) atoms. The van der Waals surface area contributed by atoms with E-state index in [1.807, 2.05) is 50.2 Å². The number of hydrogen-bond acceptors (Lipinski definition) is 4. The molecule has 0 radical (unpaired) electrons. The summed E-state index contributed by atoms with van der Waals surface area (Å²) in [4.78, 5) is 10.8. The van der Waals surface area contributed by atoms with Crippen LogP contribution in [0.5, 0.6) is 0 Å². The number of nitrogens with zero attached hydrogens (tertiary/aromatic N) is 1. The Labute approximate surface area is 215 Å². The van der Waals surface area contributed by atoms with Crippen LogP contribution in [0.4, 0.5) is 24.5 Å². The van der Waals surface area contributed by atoms with E-state index in [0.717, 1.165) is 61.0 Å². The van der Waals surface area contributed by atoms with E-state index in [-0.39, 0.29) is 12.6 Å². The maximum absolute atomic E-state index is 13.0. The van der Waals surface area contributed by atoms with Crippen LogP contribution in [-0.2, 0) is 11.2 Å². The second kappa shape index (κ2) is 16.8. The van der Waals surface area contributed by atoms with Crippen molar-refractivity contribution in [2.45, 2.75) is 71.0 Å². The lowest BCUT2D eigenvalue weighted by molar-refractivity contribution is -0.132. The van der Waals surface area contributed by atoms with Gasteiger partial charge in [-0.3, -0.25) is 0 Å². The summed E-state index contributed by atoms with van der Waals surface area (Å²) in [5.74, 6) is 0. The van der Waals surface area contributed by atoms with Gasteiger partial charge in [-0.1, -0.05) is 67.8 Å². The average Bonchev–Trinajstić information content (AvgIpc) is 2.83. The van der Waals surface area contributed by atoms with Crippen molar-refractivity contribution in [3.63, 3.8) is 0 Å². The fraction of sp³-hybridized carbons (Fsp3) is 0.483. The first kappa shape index (κ1) is 31.2. The number of carbonyl (C=O) groups excluding carboxylic acids is 1. The molecule has 2 aromatic carbocycles. The van der Waals surface area contributed by atoms with Crippen molar-refractivity contribution in [2.75, 3.05) is 30.9 Å². The van der Waals surface area contributed by atoms with E-state index >= 15 is 0 Å². The van der Waals surface area contributed by atoms with Gasteiger partial charge in [0.1, 0.15) is 6.29 Å². The number of carbonyl (C=O) groups is 1. The van der Waals surface area contributed by atoms with Gasteiger partial charge in [0.25, 0.3) is 0 Å². The first-order valence-corrected chi connectivity index (χ1v) is 12.6. The van der Waals surface area contributed by atoms with Gasteiger partial charge in [0, 0.05) is 24.7 Å². The molecule has 1 aliphatic carbocycles. The number of halogens is 3. The van der Waals surface area contributed by atoms with Crippen molar-refractivity contribution in [3.05, 3.63) is 71.9 Å². The zero-order valence-electron chi connectivity index (χ0n) is 22.1. The standard InChI is InChI=1S/C25H31F3N2.C2H7N.C2H4O/c1-19-12-14-21(15-13-19)18-20(2)29-23-10-6-7-11-24(23)30(17-16-25(26,27)28)22-8-4-3-5-9-22;1-3-2;1-2-3/h6-7,10-15,22,29H,2-5,8-9,16-18H2,1H3;3H,1-2H3;2H,1H3. The van der Waals surface area contributed by atoms with Crippen molar-refractivity contribution >= 4 is 17.7 Å². The molecule has 2 aromatic rings. The SMILES string of the molecule is C=C(Cc1ccc(C)cc1)Nc1ccccc1N(CCC(F)(F)F)C1CCCCC1.CC=O.CNC. The van der Waals surface area contributed by atoms with Crippen LogP contribution in [0, 0.1) is 6.92 Å². The van der Waals surface area contributed by atoms with Gasteiger partial charge < -0.3 is 20.3 Å². The molecule has 7 heteroatoms. The Balaban J connectivity index is 0.000000982. The van der Waals surface area contributed by atoms with E-state index in [2.05, 4.69) is 41.5 Å². The zero-order valence-corrected chi connectivity index (χ0v) is 22.1. The molecule has 1 aliphatic rings. The highest BCUT2D eigenvalue weighted by molar-refractivity contribution is 5.72. The number of benzene rings is 2. The van der Waals surface area contributed by atoms with E-state index in [9.17, 15) is 13.2 Å². The molecule has 0 bridgehead atoms. The van der Waals surface area contributed by atoms with Gasteiger partial charge in [0.05, 0.1) is 17.8 Å². The van der Waals surface area contributed by atoms with Crippen molar-refractivity contribution in [1.82, 2.24) is 5.32 Å². The molecule has 1 saturated carbocycles. The molecule has 2 N–H and O–H groups in total. The molecule has 0 heterocycles. The quantitative estimate of drug-likeness (QED) is 0.370. The summed E-state index contributed by atoms with van der Waals surface area (Å²) in [6.45, 7) is 7.63. The number of alkyl halides is 3. The Morgan fingerprint density at radius 1 is 1.06 bits per heavy atom. The maximum Gasteiger partial charge on any atom is 0.390 e. The monoisotopic (exact) mass is 505 g/mol. The van der Waals surface area contributed by atoms with Gasteiger partial charge in [0.15, 0.2) is 0 Å². The van der Waals surface area contributed by atoms with Crippen LogP contribution in [0.25, 0.3) is 0 Å². The largest absolute Gasteiger partial charge is 0.390 e. The van der Waals surface area contributed by atoms with Crippen LogP contribution < -0.4 is 15.5 Å². The molecule has 0 aromatic heterocycles. The highest BCUT2D eigenvalue weighted by Gasteiger charge is 2.31. The predicted octanol–water partition coefficient (Wildman–Crippen LogP) is 7.30. The second-order valence-electron chi connectivity index (χ2n) is 8.99. The number of nitrogens with one attached hydrogen (secondary N) is 2. The minimum Gasteiger partial charge on any atom is -0.367 e. The molecule has 200 valence electrons. The lowest BCUT2D eigenvalue weighted by Gasteiger charge is -2.37. The average molecular weight is 506 g/mol. The molecule has 0 unspecified atom stereocenters. The van der Waals surface area contributed by atoms with Gasteiger partial charge in [-0.15, -0.1) is 0 Å². The molecule has 0 atom stereocenters. The zero-order chi connectivity index (χ0) is 27.0. The summed E-state index contributed by atoms with van der Waals surface area (Å²) in [5, 5.41) is 6.12. The topological polar surface area (TPSA) is 44.4 Å². The van der Waals surface area contributed by atoms with Crippen LogP contribution in [0.2, 0.25) is 0 Å². The first-order chi connectivity index (χ1) is 17.1. The molecule has 3 rings (SSSR count). The summed E-state index contributed by atoms with van der Waals surface area (Å²) in [6, 6.07) is 16.1. The number of rotatable bonds is 8. The van der Waals surface area contributed by atoms with Crippen molar-refractivity contribution in [2.24, 2.45) is 0 Å². The van der Waals surface area contributed by atoms with Gasteiger partial charge in [-0.2, -0.15) is 13.2 Å². The van der Waals surface area contributed by atoms with E-state index < -0.39 is 12.6 Å². The first-order valence-electron chi connectivity index (χ1n) is 12.6. The fourth-order valence-corrected chi connectivity index (χ4v) is 4.16. The Bertz CT molecular complexity index is 891. The Hall–Kier alpha value is -2.80. The highest BCUT2D eigenvalue weighted by atomic mass is 19.4. The smallest absolute Gasteiger partial charge is 0.367 e. The third kappa shape index (κ3) is 12.2. The molecule has 4 nitrogen and oxygen atoms in total. The van der Waals surface area contributed by atoms with E-state index in [0.29, 0.717) is 6.42 Å². The molecule has 1 fully saturated rings. The summed E-state index contributed by atoms with van der Waals surface area (Å²) in [5.41, 5.74) is 4.83. The fourth-order valence-electron chi connectivity index (χ4n) is 4.16. The Morgan fingerprint density at radius 3 is 2.17 bits per heavy atom. The van der Waals surface area contributed by atoms with E-state index in [1.165, 1.54) is 12.5 Å². The van der Waals surface area contributed by atoms with Crippen molar-refractivity contribution in [1.29, 1.82) is 0 Å². The van der Waals surface area contributed by atoms with Crippen molar-refractivity contribution in [3.8, 4) is 0 Å². The highest BCUT2D eigenvalue weighted by Crippen LogP contribution is 2.34. The minimum absolute atomic E-state index is 0.0166. The normalized spacial score (nSPS) is 13.4. The number of anilines is 2. The number of allylic oxidation sites excluding steroid dienone is 1. The third-order valence-electron chi connectivity index (χ3n) is 5.71. The number of para-hydroxylation sites is 2. The predicted molar refractivity (Wildman–Crippen MR) is 146 cm³/mol. The number of hydrogen-bond donors (Lipinski definition) is 2. The minimum atomic E-state index is -4.16. The third-order valence-corrected chi connectivity index (χ3v) is 5.71. The molecule has 0 saturated heterocycles. The van der Waals surface area contributed by atoms with Crippen LogP contribution in [0.15, 0.2) is 60.8 Å². The lowest BCUT2D eigenvalue weighted by Crippen LogP contribution is -2.39. The van der Waals surface area contributed by atoms with Crippen LogP contribution in [0.1, 0.15) is 56.6 Å². The summed E-state index contributed by atoms with van der Waals surface area (Å²) < 4.78 is 39.1. The molecule has 0 aliphatic heterocycles. The second-order valence-corrected chi connectivity index (χ2v) is 8.99. The lowest BCUT2D eigenvalue weighted by atomic mass is 9.93. The maximum atomic E-state index is 13.0. The van der Waals surface area contributed by atoms with Gasteiger partial charge in [0.2, 0.25) is 0 Å². The van der Waals surface area contributed by atoms with Gasteiger partial charge in [-0.25, -0.2) is 0 Å². The Morgan fingerprint density at radius 2 is 1.61 bits per heavy atom. The summed E-state index contributed by atoms with van der Waals surface area (Å²) in [7, 11) is 3.75. The van der Waals surface area contributed by atoms with Crippen LogP contribution in [0.3, 0.4) is 0 Å². The molecule has 0 spiro atoms. The summed E-state index contributed by atoms with van der Waals surface area (Å²) in [6.07, 6.45) is 1.64. The van der Waals surface area contributed by atoms with Crippen molar-refractivity contribution < 1.29 is 18.0 Å². The molecule has 0 amide bonds. The van der Waals surface area contributed by atoms with E-state index in [1.54, 1.807) is 0 Å². The molecular weight excluding hydrogens is 463 g/mol. The summed E-state index contributed by atoms with van der Waals surface area (Å²) >= 11 is 0. The molecular formula is C29H42F3N3O. The van der Waals surface area contributed by atoms with E-state index in [4.69, 9.17) is 4.79 Å².